The van der Waals surface area contributed by atoms with Crippen molar-refractivity contribution in [2.45, 2.75) is 0 Å². The summed E-state index contributed by atoms with van der Waals surface area (Å²) in [6.45, 7) is 0. The number of quaternary nitrogens is 2. The summed E-state index contributed by atoms with van der Waals surface area (Å²) in [6.07, 6.45) is 0. The number of nitrogens with two attached hydrogens (primary N) is 4. The Labute approximate surface area is 82.4 Å². The van der Waals surface area contributed by atoms with Crippen LogP contribution < -0.4 is 60.0 Å². The molecule has 0 aromatic rings. The number of hydrogen-bond donors (Lipinski definition) is 6. The Morgan fingerprint density at radius 1 is 0.667 bits per heavy atom. The highest BCUT2D eigenvalue weighted by Gasteiger charge is 1.61. The summed E-state index contributed by atoms with van der Waals surface area (Å²) in [5.74, 6) is 0. The molecule has 0 spiro atoms. The van der Waals surface area contributed by atoms with E-state index in [0.29, 0.717) is 0 Å². The Morgan fingerprint density at radius 3 is 0.667 bits per heavy atom. The van der Waals surface area contributed by atoms with Gasteiger partial charge in [-0.15, -0.1) is 0 Å². The van der Waals surface area contributed by atoms with Crippen LogP contribution in [0.15, 0.2) is 0 Å². The van der Waals surface area contributed by atoms with Crippen LogP contribution in [-0.4, -0.2) is 12.1 Å². The first kappa shape index (κ1) is 43.8. The van der Waals surface area contributed by atoms with E-state index in [2.05, 4.69) is 22.9 Å². The van der Waals surface area contributed by atoms with Crippen molar-refractivity contribution in [3.8, 4) is 0 Å². The molecule has 10 heteroatoms. The van der Waals surface area contributed by atoms with Gasteiger partial charge in [0.15, 0.2) is 0 Å². The number of urea groups is 2. The van der Waals surface area contributed by atoms with E-state index < -0.39 is 12.1 Å². The first-order chi connectivity index (χ1) is 3.46. The van der Waals surface area contributed by atoms with E-state index in [0.717, 1.165) is 0 Å². The quantitative estimate of drug-likeness (QED) is 0.238. The van der Waals surface area contributed by atoms with E-state index in [4.69, 9.17) is 9.59 Å². The SMILES string of the molecule is NC(N)=O.NC(N)=O.[Cl-].[Cl-].[NH4+].[NH4+]. The first-order valence-corrected chi connectivity index (χ1v) is 1.56. The van der Waals surface area contributed by atoms with Crippen LogP contribution in [0.25, 0.3) is 0 Å². The van der Waals surface area contributed by atoms with Crippen molar-refractivity contribution in [1.82, 2.24) is 12.3 Å². The van der Waals surface area contributed by atoms with Crippen LogP contribution in [0, 0.1) is 0 Å². The zero-order valence-corrected chi connectivity index (χ0v) is 8.39. The third-order valence-corrected chi connectivity index (χ3v) is 0. The molecule has 0 aliphatic heterocycles. The summed E-state index contributed by atoms with van der Waals surface area (Å²) in [4.78, 5) is 18.0. The maximum absolute atomic E-state index is 9.00. The van der Waals surface area contributed by atoms with Gasteiger partial charge in [-0.3, -0.25) is 0 Å². The molecule has 0 aromatic heterocycles. The maximum Gasteiger partial charge on any atom is 0.309 e. The lowest BCUT2D eigenvalue weighted by Gasteiger charge is -1.62. The molecule has 0 atom stereocenters. The number of halogens is 2. The molecule has 0 saturated heterocycles. The summed E-state index contributed by atoms with van der Waals surface area (Å²) < 4.78 is 0. The molecule has 8 nitrogen and oxygen atoms in total. The summed E-state index contributed by atoms with van der Waals surface area (Å²) in [5, 5.41) is 0. The molecule has 0 aliphatic rings. The molecule has 0 aliphatic carbocycles. The molecule has 0 bridgehead atoms. The van der Waals surface area contributed by atoms with Crippen molar-refractivity contribution in [3.05, 3.63) is 0 Å². The Morgan fingerprint density at radius 2 is 0.667 bits per heavy atom. The van der Waals surface area contributed by atoms with Gasteiger partial charge < -0.3 is 60.0 Å². The van der Waals surface area contributed by atoms with Crippen molar-refractivity contribution >= 4 is 12.1 Å². The Balaban J connectivity index is -0.0000000112. The molecule has 0 heterocycles. The average Bonchev–Trinajstić information content (AvgIpc) is 1.25. The monoisotopic (exact) mass is 226 g/mol. The van der Waals surface area contributed by atoms with Crippen molar-refractivity contribution in [2.24, 2.45) is 22.9 Å². The van der Waals surface area contributed by atoms with E-state index in [1.165, 1.54) is 0 Å². The Hall–Kier alpha value is -0.960. The molecule has 4 amide bonds. The predicted octanol–water partition coefficient (Wildman–Crippen LogP) is -7.19. The second-order valence-corrected chi connectivity index (χ2v) is 0.805. The third kappa shape index (κ3) is 634. The zero-order valence-electron chi connectivity index (χ0n) is 6.88. The largest absolute Gasteiger partial charge is 1.00 e. The lowest BCUT2D eigenvalue weighted by Crippen LogP contribution is -3.00. The highest BCUT2D eigenvalue weighted by atomic mass is 35.5. The second kappa shape index (κ2) is 32.3. The fourth-order valence-electron chi connectivity index (χ4n) is 0. The minimum absolute atomic E-state index is 0. The standard InChI is InChI=1S/2CH4N2O.2ClH.2H3N/c2*2-1(3)4;;;;/h2*(H4,2,3,4);2*1H;2*1H3. The normalized spacial score (nSPS) is 4.00. The molecule has 0 aromatic carbocycles. The number of amides is 4. The molecule has 0 unspecified atom stereocenters. The molecule has 0 radical (unpaired) electrons. The third-order valence-electron chi connectivity index (χ3n) is 0. The number of primary amides is 4. The topological polar surface area (TPSA) is 211 Å². The zero-order chi connectivity index (χ0) is 7.15. The van der Waals surface area contributed by atoms with Crippen molar-refractivity contribution in [3.63, 3.8) is 0 Å². The van der Waals surface area contributed by atoms with Crippen LogP contribution in [0.3, 0.4) is 0 Å². The van der Waals surface area contributed by atoms with E-state index in [1.54, 1.807) is 0 Å². The van der Waals surface area contributed by atoms with Gasteiger partial charge in [0.25, 0.3) is 0 Å². The molecule has 16 N–H and O–H groups in total. The molecular weight excluding hydrogens is 211 g/mol. The molecular formula is C2H16Cl2N6O2. The Bertz CT molecular complexity index is 79.5. The highest BCUT2D eigenvalue weighted by molar-refractivity contribution is 5.69. The summed E-state index contributed by atoms with van der Waals surface area (Å²) in [6, 6.07) is -1.67. The van der Waals surface area contributed by atoms with Gasteiger partial charge in [0.05, 0.1) is 0 Å². The number of hydrogen-bond acceptors (Lipinski definition) is 2. The average molecular weight is 227 g/mol. The van der Waals surface area contributed by atoms with E-state index in [-0.39, 0.29) is 37.1 Å². The smallest absolute Gasteiger partial charge is 0.309 e. The van der Waals surface area contributed by atoms with Gasteiger partial charge in [-0.1, -0.05) is 0 Å². The molecule has 0 saturated carbocycles. The van der Waals surface area contributed by atoms with E-state index in [9.17, 15) is 0 Å². The van der Waals surface area contributed by atoms with Crippen LogP contribution in [0.4, 0.5) is 9.59 Å². The maximum atomic E-state index is 9.00. The highest BCUT2D eigenvalue weighted by Crippen LogP contribution is 1.26. The minimum Gasteiger partial charge on any atom is -1.00 e. The number of rotatable bonds is 0. The van der Waals surface area contributed by atoms with Crippen LogP contribution in [0.1, 0.15) is 0 Å². The van der Waals surface area contributed by atoms with Gasteiger partial charge in [0.2, 0.25) is 0 Å². The van der Waals surface area contributed by atoms with Crippen LogP contribution in [0.2, 0.25) is 0 Å². The molecule has 12 heavy (non-hydrogen) atoms. The summed E-state index contributed by atoms with van der Waals surface area (Å²) in [7, 11) is 0. The van der Waals surface area contributed by atoms with Gasteiger partial charge >= 0.3 is 12.1 Å². The van der Waals surface area contributed by atoms with Crippen molar-refractivity contribution in [1.29, 1.82) is 0 Å². The lowest BCUT2D eigenvalue weighted by atomic mass is 11.2. The molecule has 80 valence electrons. The van der Waals surface area contributed by atoms with Gasteiger partial charge in [-0.2, -0.15) is 0 Å². The molecule has 0 fully saturated rings. The fraction of sp³-hybridized carbons (Fsp3) is 0. The minimum atomic E-state index is -0.833. The van der Waals surface area contributed by atoms with E-state index in [1.807, 2.05) is 0 Å². The van der Waals surface area contributed by atoms with Crippen LogP contribution >= 0.6 is 0 Å². The first-order valence-electron chi connectivity index (χ1n) is 1.56. The van der Waals surface area contributed by atoms with Gasteiger partial charge in [-0.05, 0) is 0 Å². The summed E-state index contributed by atoms with van der Waals surface area (Å²) in [5.41, 5.74) is 17.0. The number of carbonyl (C=O) groups is 2. The molecule has 0 rings (SSSR count). The van der Waals surface area contributed by atoms with Crippen molar-refractivity contribution in [2.75, 3.05) is 0 Å². The van der Waals surface area contributed by atoms with Gasteiger partial charge in [0, 0.05) is 0 Å². The number of carbonyl (C=O) groups excluding carboxylic acids is 2. The fourth-order valence-corrected chi connectivity index (χ4v) is 0. The Kier molecular flexibility index (Phi) is 118. The predicted molar refractivity (Wildman–Crippen MR) is 39.5 cm³/mol. The van der Waals surface area contributed by atoms with Crippen LogP contribution in [0.5, 0.6) is 0 Å². The van der Waals surface area contributed by atoms with Crippen LogP contribution in [-0.2, 0) is 0 Å². The van der Waals surface area contributed by atoms with Gasteiger partial charge in [0.1, 0.15) is 0 Å². The summed E-state index contributed by atoms with van der Waals surface area (Å²) >= 11 is 0. The van der Waals surface area contributed by atoms with Crippen molar-refractivity contribution < 1.29 is 34.4 Å². The second-order valence-electron chi connectivity index (χ2n) is 0.805. The van der Waals surface area contributed by atoms with Gasteiger partial charge in [-0.25, -0.2) is 9.59 Å². The lowest BCUT2D eigenvalue weighted by molar-refractivity contribution is -0.00100. The van der Waals surface area contributed by atoms with E-state index >= 15 is 0 Å².